The van der Waals surface area contributed by atoms with Crippen molar-refractivity contribution in [3.05, 3.63) is 24.3 Å². The van der Waals surface area contributed by atoms with E-state index < -0.39 is 0 Å². The molecule has 1 rings (SSSR count). The van der Waals surface area contributed by atoms with Crippen LogP contribution in [-0.4, -0.2) is 18.7 Å². The predicted octanol–water partition coefficient (Wildman–Crippen LogP) is 3.42. The van der Waals surface area contributed by atoms with Crippen molar-refractivity contribution < 1.29 is 4.74 Å². The minimum atomic E-state index is 0.724. The first kappa shape index (κ1) is 10.7. The van der Waals surface area contributed by atoms with Gasteiger partial charge in [0.2, 0.25) is 0 Å². The Morgan fingerprint density at radius 3 is 2.85 bits per heavy atom. The van der Waals surface area contributed by atoms with E-state index in [0.717, 1.165) is 23.8 Å². The lowest BCUT2D eigenvalue weighted by Crippen LogP contribution is -1.87. The quantitative estimate of drug-likeness (QED) is 0.424. The van der Waals surface area contributed by atoms with Gasteiger partial charge in [0.05, 0.1) is 7.11 Å². The zero-order chi connectivity index (χ0) is 9.52. The van der Waals surface area contributed by atoms with Gasteiger partial charge in [-0.2, -0.15) is 0 Å². The lowest BCUT2D eigenvalue weighted by Gasteiger charge is -2.06. The van der Waals surface area contributed by atoms with Crippen LogP contribution < -0.4 is 4.74 Å². The average Bonchev–Trinajstić information content (AvgIpc) is 2.19. The number of benzene rings is 1. The van der Waals surface area contributed by atoms with E-state index in [-0.39, 0.29) is 0 Å². The second-order valence-electron chi connectivity index (χ2n) is 2.54. The molecule has 0 saturated heterocycles. The number of thioether (sulfide) groups is 1. The number of hydrogen-bond acceptors (Lipinski definition) is 2. The molecule has 0 fully saturated rings. The molecule has 0 heterocycles. The van der Waals surface area contributed by atoms with Gasteiger partial charge in [-0.1, -0.05) is 12.1 Å². The number of para-hydroxylation sites is 1. The van der Waals surface area contributed by atoms with Gasteiger partial charge in [-0.15, -0.1) is 23.4 Å². The molecule has 3 heteroatoms. The summed E-state index contributed by atoms with van der Waals surface area (Å²) in [4.78, 5) is 1.19. The van der Waals surface area contributed by atoms with E-state index in [0.29, 0.717) is 0 Å². The van der Waals surface area contributed by atoms with Crippen LogP contribution in [-0.2, 0) is 0 Å². The molecule has 0 aliphatic heterocycles. The van der Waals surface area contributed by atoms with Gasteiger partial charge in [0.25, 0.3) is 0 Å². The molecule has 0 spiro atoms. The van der Waals surface area contributed by atoms with Crippen molar-refractivity contribution in [3.8, 4) is 5.75 Å². The third-order valence-electron chi connectivity index (χ3n) is 1.60. The number of ether oxygens (including phenoxy) is 1. The van der Waals surface area contributed by atoms with Crippen LogP contribution in [0.5, 0.6) is 5.75 Å². The van der Waals surface area contributed by atoms with Crippen LogP contribution in [0.25, 0.3) is 0 Å². The maximum absolute atomic E-state index is 5.60. The number of alkyl halides is 1. The van der Waals surface area contributed by atoms with Crippen LogP contribution in [0.1, 0.15) is 6.42 Å². The van der Waals surface area contributed by atoms with E-state index in [9.17, 15) is 0 Å². The van der Waals surface area contributed by atoms with Crippen molar-refractivity contribution >= 4 is 23.4 Å². The zero-order valence-corrected chi connectivity index (χ0v) is 9.20. The fraction of sp³-hybridized carbons (Fsp3) is 0.400. The molecule has 1 aromatic rings. The molecule has 0 radical (unpaired) electrons. The summed E-state index contributed by atoms with van der Waals surface area (Å²) in [5.74, 6) is 2.72. The molecule has 0 aliphatic carbocycles. The minimum Gasteiger partial charge on any atom is -0.496 e. The van der Waals surface area contributed by atoms with Crippen LogP contribution in [0, 0.1) is 0 Å². The molecule has 1 nitrogen and oxygen atoms in total. The van der Waals surface area contributed by atoms with Crippen molar-refractivity contribution in [2.45, 2.75) is 11.3 Å². The second kappa shape index (κ2) is 6.17. The fourth-order valence-corrected chi connectivity index (χ4v) is 2.24. The second-order valence-corrected chi connectivity index (χ2v) is 4.06. The van der Waals surface area contributed by atoms with E-state index in [2.05, 4.69) is 6.07 Å². The smallest absolute Gasteiger partial charge is 0.132 e. The average molecular weight is 217 g/mol. The number of rotatable bonds is 5. The first-order valence-electron chi connectivity index (χ1n) is 4.20. The molecule has 0 bridgehead atoms. The zero-order valence-electron chi connectivity index (χ0n) is 7.63. The van der Waals surface area contributed by atoms with E-state index in [1.54, 1.807) is 18.9 Å². The molecule has 0 unspecified atom stereocenters. The highest BCUT2D eigenvalue weighted by molar-refractivity contribution is 7.99. The molecular weight excluding hydrogens is 204 g/mol. The Balaban J connectivity index is 2.54. The van der Waals surface area contributed by atoms with Crippen LogP contribution in [0.3, 0.4) is 0 Å². The van der Waals surface area contributed by atoms with E-state index in [1.165, 1.54) is 4.90 Å². The normalized spacial score (nSPS) is 10.0. The summed E-state index contributed by atoms with van der Waals surface area (Å²) in [6.45, 7) is 0. The van der Waals surface area contributed by atoms with Crippen LogP contribution in [0.2, 0.25) is 0 Å². The highest BCUT2D eigenvalue weighted by Crippen LogP contribution is 2.28. The highest BCUT2D eigenvalue weighted by Gasteiger charge is 2.00. The number of halogens is 1. The number of methoxy groups -OCH3 is 1. The van der Waals surface area contributed by atoms with Gasteiger partial charge in [-0.3, -0.25) is 0 Å². The molecule has 0 saturated carbocycles. The molecule has 0 aliphatic rings. The van der Waals surface area contributed by atoms with Gasteiger partial charge in [-0.25, -0.2) is 0 Å². The molecule has 72 valence electrons. The monoisotopic (exact) mass is 216 g/mol. The Morgan fingerprint density at radius 2 is 2.15 bits per heavy atom. The van der Waals surface area contributed by atoms with Gasteiger partial charge < -0.3 is 4.74 Å². The Hall–Kier alpha value is -0.340. The molecule has 0 amide bonds. The van der Waals surface area contributed by atoms with Crippen molar-refractivity contribution in [3.63, 3.8) is 0 Å². The van der Waals surface area contributed by atoms with Crippen molar-refractivity contribution in [1.82, 2.24) is 0 Å². The topological polar surface area (TPSA) is 9.23 Å². The lowest BCUT2D eigenvalue weighted by atomic mass is 10.3. The maximum Gasteiger partial charge on any atom is 0.132 e. The van der Waals surface area contributed by atoms with Crippen molar-refractivity contribution in [2.24, 2.45) is 0 Å². The highest BCUT2D eigenvalue weighted by atomic mass is 35.5. The Labute approximate surface area is 88.4 Å². The Morgan fingerprint density at radius 1 is 1.38 bits per heavy atom. The van der Waals surface area contributed by atoms with Gasteiger partial charge in [0.15, 0.2) is 0 Å². The summed E-state index contributed by atoms with van der Waals surface area (Å²) in [6.07, 6.45) is 1.03. The largest absolute Gasteiger partial charge is 0.496 e. The van der Waals surface area contributed by atoms with Crippen molar-refractivity contribution in [1.29, 1.82) is 0 Å². The van der Waals surface area contributed by atoms with Gasteiger partial charge in [-0.05, 0) is 24.3 Å². The van der Waals surface area contributed by atoms with Gasteiger partial charge in [0.1, 0.15) is 5.75 Å². The summed E-state index contributed by atoms with van der Waals surface area (Å²) in [6, 6.07) is 8.04. The molecular formula is C10H13ClOS. The summed E-state index contributed by atoms with van der Waals surface area (Å²) in [7, 11) is 1.70. The van der Waals surface area contributed by atoms with Crippen molar-refractivity contribution in [2.75, 3.05) is 18.7 Å². The SMILES string of the molecule is COc1ccccc1SCCCCl. The van der Waals surface area contributed by atoms with Gasteiger partial charge >= 0.3 is 0 Å². The molecule has 1 aromatic carbocycles. The van der Waals surface area contributed by atoms with E-state index >= 15 is 0 Å². The summed E-state index contributed by atoms with van der Waals surface area (Å²) < 4.78 is 5.22. The van der Waals surface area contributed by atoms with Crippen LogP contribution in [0.15, 0.2) is 29.2 Å². The minimum absolute atomic E-state index is 0.724. The predicted molar refractivity (Wildman–Crippen MR) is 59.1 cm³/mol. The van der Waals surface area contributed by atoms with Gasteiger partial charge in [0, 0.05) is 10.8 Å². The molecule has 0 atom stereocenters. The fourth-order valence-electron chi connectivity index (χ4n) is 0.975. The Bertz CT molecular complexity index is 252. The molecule has 0 N–H and O–H groups in total. The standard InChI is InChI=1S/C10H13ClOS/c1-12-9-5-2-3-6-10(9)13-8-4-7-11/h2-3,5-6H,4,7-8H2,1H3. The van der Waals surface area contributed by atoms with E-state index in [1.807, 2.05) is 18.2 Å². The first-order chi connectivity index (χ1) is 6.38. The lowest BCUT2D eigenvalue weighted by molar-refractivity contribution is 0.405. The molecule has 0 aromatic heterocycles. The summed E-state index contributed by atoms with van der Waals surface area (Å²) >= 11 is 7.38. The van der Waals surface area contributed by atoms with E-state index in [4.69, 9.17) is 16.3 Å². The summed E-state index contributed by atoms with van der Waals surface area (Å²) in [5.41, 5.74) is 0. The first-order valence-corrected chi connectivity index (χ1v) is 5.72. The third-order valence-corrected chi connectivity index (χ3v) is 3.01. The number of hydrogen-bond donors (Lipinski definition) is 0. The third kappa shape index (κ3) is 3.49. The van der Waals surface area contributed by atoms with Crippen LogP contribution in [0.4, 0.5) is 0 Å². The Kier molecular flexibility index (Phi) is 5.09. The molecule has 13 heavy (non-hydrogen) atoms. The maximum atomic E-state index is 5.60. The van der Waals surface area contributed by atoms with Crippen LogP contribution >= 0.6 is 23.4 Å². The summed E-state index contributed by atoms with van der Waals surface area (Å²) in [5, 5.41) is 0.